The molecule has 2 aromatic carbocycles. The summed E-state index contributed by atoms with van der Waals surface area (Å²) in [7, 11) is 0. The number of carbonyl (C=O) groups excluding carboxylic acids is 1. The third kappa shape index (κ3) is 5.05. The molecule has 10 heteroatoms. The number of aromatic nitrogens is 2. The van der Waals surface area contributed by atoms with E-state index in [1.807, 2.05) is 0 Å². The van der Waals surface area contributed by atoms with Crippen LogP contribution >= 0.6 is 35.4 Å². The third-order valence-corrected chi connectivity index (χ3v) is 4.98. The quantitative estimate of drug-likeness (QED) is 0.248. The van der Waals surface area contributed by atoms with Crippen LogP contribution in [0.5, 0.6) is 0 Å². The minimum absolute atomic E-state index is 0.111. The van der Waals surface area contributed by atoms with Crippen LogP contribution in [0.2, 0.25) is 10.0 Å². The average molecular weight is 473 g/mol. The van der Waals surface area contributed by atoms with Crippen molar-refractivity contribution in [3.05, 3.63) is 80.9 Å². The Kier molecular flexibility index (Phi) is 5.94. The molecule has 0 spiro atoms. The number of H-pyrrole nitrogens is 2. The van der Waals surface area contributed by atoms with Gasteiger partial charge in [0.2, 0.25) is 5.91 Å². The first kappa shape index (κ1) is 20.9. The minimum atomic E-state index is -0.434. The van der Waals surface area contributed by atoms with E-state index in [9.17, 15) is 9.59 Å². The van der Waals surface area contributed by atoms with E-state index in [2.05, 4.69) is 20.6 Å². The molecule has 0 saturated heterocycles. The van der Waals surface area contributed by atoms with Crippen molar-refractivity contribution in [3.63, 3.8) is 0 Å². The maximum Gasteiger partial charge on any atom is 0.323 e. The molecule has 0 unspecified atom stereocenters. The van der Waals surface area contributed by atoms with Gasteiger partial charge in [-0.2, -0.15) is 0 Å². The fourth-order valence-corrected chi connectivity index (χ4v) is 3.58. The maximum atomic E-state index is 12.1. The van der Waals surface area contributed by atoms with E-state index < -0.39 is 5.91 Å². The Morgan fingerprint density at radius 1 is 1.03 bits per heavy atom. The number of aromatic amines is 2. The Hall–Kier alpha value is -3.33. The maximum absolute atomic E-state index is 12.1. The molecular formula is C21H14Cl2N4O3S. The zero-order valence-corrected chi connectivity index (χ0v) is 18.0. The second-order valence-electron chi connectivity index (χ2n) is 6.44. The van der Waals surface area contributed by atoms with Crippen LogP contribution in [0.4, 0.5) is 5.69 Å². The van der Waals surface area contributed by atoms with Gasteiger partial charge in [0.15, 0.2) is 5.11 Å². The third-order valence-electron chi connectivity index (χ3n) is 4.23. The first-order valence-electron chi connectivity index (χ1n) is 8.95. The van der Waals surface area contributed by atoms with Gasteiger partial charge >= 0.3 is 5.69 Å². The van der Waals surface area contributed by atoms with Gasteiger partial charge in [-0.05, 0) is 66.8 Å². The first-order chi connectivity index (χ1) is 14.9. The number of nitrogens with one attached hydrogen (secondary N) is 4. The highest BCUT2D eigenvalue weighted by Gasteiger charge is 2.09. The van der Waals surface area contributed by atoms with E-state index in [-0.39, 0.29) is 10.8 Å². The number of anilines is 1. The van der Waals surface area contributed by atoms with E-state index in [4.69, 9.17) is 39.8 Å². The zero-order chi connectivity index (χ0) is 22.0. The number of rotatable bonds is 4. The molecular weight excluding hydrogens is 459 g/mol. The topological polar surface area (TPSA) is 103 Å². The van der Waals surface area contributed by atoms with Crippen LogP contribution in [0.15, 0.2) is 63.8 Å². The second kappa shape index (κ2) is 8.81. The normalized spacial score (nSPS) is 11.2. The van der Waals surface area contributed by atoms with Crippen molar-refractivity contribution >= 4 is 69.2 Å². The van der Waals surface area contributed by atoms with Gasteiger partial charge in [-0.3, -0.25) is 10.1 Å². The fourth-order valence-electron chi connectivity index (χ4n) is 2.86. The summed E-state index contributed by atoms with van der Waals surface area (Å²) < 4.78 is 5.71. The van der Waals surface area contributed by atoms with Crippen LogP contribution in [0.25, 0.3) is 28.4 Å². The fraction of sp³-hybridized carbons (Fsp3) is 0. The average Bonchev–Trinajstić information content (AvgIpc) is 3.31. The van der Waals surface area contributed by atoms with Crippen LogP contribution in [0.1, 0.15) is 5.76 Å². The van der Waals surface area contributed by atoms with Crippen molar-refractivity contribution in [1.82, 2.24) is 15.3 Å². The second-order valence-corrected chi connectivity index (χ2v) is 7.69. The zero-order valence-electron chi connectivity index (χ0n) is 15.7. The first-order valence-corrected chi connectivity index (χ1v) is 10.1. The largest absolute Gasteiger partial charge is 0.457 e. The molecule has 4 rings (SSSR count). The van der Waals surface area contributed by atoms with Crippen LogP contribution in [0.3, 0.4) is 0 Å². The van der Waals surface area contributed by atoms with Crippen molar-refractivity contribution in [2.75, 3.05) is 5.32 Å². The molecule has 0 aliphatic heterocycles. The molecule has 0 bridgehead atoms. The number of furan rings is 1. The standard InChI is InChI=1S/C21H14Cl2N4O3S/c22-11-1-5-14(15(23)9-11)18-7-3-13(30-18)4-8-19(28)27-21(31)24-12-2-6-16-17(10-12)26-20(29)25-16/h1-10H,(H2,25,26,29)(H2,24,27,28,31)/b8-4+. The van der Waals surface area contributed by atoms with E-state index in [1.54, 1.807) is 48.5 Å². The van der Waals surface area contributed by atoms with Gasteiger partial charge < -0.3 is 19.7 Å². The molecule has 1 amide bonds. The summed E-state index contributed by atoms with van der Waals surface area (Å²) in [6, 6.07) is 13.7. The van der Waals surface area contributed by atoms with Gasteiger partial charge in [0.1, 0.15) is 11.5 Å². The number of carbonyl (C=O) groups is 1. The summed E-state index contributed by atoms with van der Waals surface area (Å²) in [4.78, 5) is 28.8. The van der Waals surface area contributed by atoms with Crippen LogP contribution in [-0.2, 0) is 4.79 Å². The monoisotopic (exact) mass is 472 g/mol. The van der Waals surface area contributed by atoms with Gasteiger partial charge in [-0.15, -0.1) is 0 Å². The van der Waals surface area contributed by atoms with Gasteiger partial charge in [-0.25, -0.2) is 4.79 Å². The molecule has 0 atom stereocenters. The summed E-state index contributed by atoms with van der Waals surface area (Å²) in [5.41, 5.74) is 2.31. The SMILES string of the molecule is O=C(/C=C/c1ccc(-c2ccc(Cl)cc2Cl)o1)NC(=S)Nc1ccc2[nH]c(=O)[nH]c2c1. The molecule has 4 N–H and O–H groups in total. The summed E-state index contributed by atoms with van der Waals surface area (Å²) in [6.45, 7) is 0. The molecule has 156 valence electrons. The molecule has 0 saturated carbocycles. The predicted molar refractivity (Wildman–Crippen MR) is 126 cm³/mol. The van der Waals surface area contributed by atoms with Gasteiger partial charge in [0, 0.05) is 22.3 Å². The van der Waals surface area contributed by atoms with Crippen molar-refractivity contribution in [1.29, 1.82) is 0 Å². The lowest BCUT2D eigenvalue weighted by Crippen LogP contribution is -2.32. The number of benzene rings is 2. The van der Waals surface area contributed by atoms with Crippen LogP contribution in [0, 0.1) is 0 Å². The van der Waals surface area contributed by atoms with Crippen molar-refractivity contribution in [2.45, 2.75) is 0 Å². The molecule has 0 aliphatic carbocycles. The van der Waals surface area contributed by atoms with E-state index in [0.717, 1.165) is 0 Å². The lowest BCUT2D eigenvalue weighted by atomic mass is 10.2. The lowest BCUT2D eigenvalue weighted by molar-refractivity contribution is -0.115. The predicted octanol–water partition coefficient (Wildman–Crippen LogP) is 4.95. The summed E-state index contributed by atoms with van der Waals surface area (Å²) >= 11 is 17.3. The molecule has 31 heavy (non-hydrogen) atoms. The Labute approximate surface area is 191 Å². The molecule has 7 nitrogen and oxygen atoms in total. The van der Waals surface area contributed by atoms with Crippen molar-refractivity contribution in [2.24, 2.45) is 0 Å². The summed E-state index contributed by atoms with van der Waals surface area (Å²) in [5.74, 6) is 0.588. The molecule has 4 aromatic rings. The highest BCUT2D eigenvalue weighted by Crippen LogP contribution is 2.31. The number of hydrogen-bond donors (Lipinski definition) is 4. The highest BCUT2D eigenvalue weighted by molar-refractivity contribution is 7.80. The minimum Gasteiger partial charge on any atom is -0.457 e. The molecule has 0 fully saturated rings. The number of fused-ring (bicyclic) bond motifs is 1. The van der Waals surface area contributed by atoms with E-state index >= 15 is 0 Å². The number of hydrogen-bond acceptors (Lipinski definition) is 4. The molecule has 0 aliphatic rings. The summed E-state index contributed by atoms with van der Waals surface area (Å²) in [5, 5.41) is 6.54. The van der Waals surface area contributed by atoms with E-state index in [1.165, 1.54) is 12.2 Å². The number of thiocarbonyl (C=S) groups is 1. The van der Waals surface area contributed by atoms with Crippen molar-refractivity contribution < 1.29 is 9.21 Å². The summed E-state index contributed by atoms with van der Waals surface area (Å²) in [6.07, 6.45) is 2.81. The Bertz CT molecular complexity index is 1390. The number of imidazole rings is 1. The van der Waals surface area contributed by atoms with Gasteiger partial charge in [0.25, 0.3) is 0 Å². The molecule has 2 heterocycles. The molecule has 0 radical (unpaired) electrons. The Balaban J connectivity index is 1.37. The Morgan fingerprint density at radius 3 is 2.65 bits per heavy atom. The lowest BCUT2D eigenvalue weighted by Gasteiger charge is -2.07. The number of amides is 1. The highest BCUT2D eigenvalue weighted by atomic mass is 35.5. The smallest absolute Gasteiger partial charge is 0.323 e. The molecule has 2 aromatic heterocycles. The number of halogens is 2. The van der Waals surface area contributed by atoms with Crippen LogP contribution < -0.4 is 16.3 Å². The van der Waals surface area contributed by atoms with E-state index in [0.29, 0.717) is 43.9 Å². The van der Waals surface area contributed by atoms with Crippen molar-refractivity contribution in [3.8, 4) is 11.3 Å². The van der Waals surface area contributed by atoms with Gasteiger partial charge in [0.05, 0.1) is 16.1 Å². The van der Waals surface area contributed by atoms with Crippen LogP contribution in [-0.4, -0.2) is 21.0 Å². The Morgan fingerprint density at radius 2 is 1.84 bits per heavy atom. The van der Waals surface area contributed by atoms with Gasteiger partial charge in [-0.1, -0.05) is 23.2 Å².